The molecule has 6 nitrogen and oxygen atoms in total. The van der Waals surface area contributed by atoms with Gasteiger partial charge in [-0.15, -0.1) is 0 Å². The summed E-state index contributed by atoms with van der Waals surface area (Å²) in [4.78, 5) is 28.3. The molecular formula is C17H18N2O4. The van der Waals surface area contributed by atoms with Crippen LogP contribution in [0.4, 0.5) is 0 Å². The molecule has 2 aromatic rings. The van der Waals surface area contributed by atoms with Gasteiger partial charge in [0.05, 0.1) is 14.2 Å². The van der Waals surface area contributed by atoms with Gasteiger partial charge in [-0.1, -0.05) is 24.3 Å². The number of nitrogens with one attached hydrogen (secondary N) is 1. The van der Waals surface area contributed by atoms with E-state index in [1.807, 2.05) is 6.07 Å². The molecule has 0 fully saturated rings. The summed E-state index contributed by atoms with van der Waals surface area (Å²) in [6, 6.07) is 11.4. The molecule has 1 heterocycles. The van der Waals surface area contributed by atoms with Gasteiger partial charge in [-0.2, -0.15) is 0 Å². The summed E-state index contributed by atoms with van der Waals surface area (Å²) >= 11 is 0. The number of ether oxygens (including phenoxy) is 2. The molecule has 0 bridgehead atoms. The average Bonchev–Trinajstić information content (AvgIpc) is 2.61. The third-order valence-corrected chi connectivity index (χ3v) is 3.29. The van der Waals surface area contributed by atoms with Crippen molar-refractivity contribution in [2.45, 2.75) is 12.5 Å². The van der Waals surface area contributed by atoms with Crippen LogP contribution in [0.15, 0.2) is 48.7 Å². The first-order chi connectivity index (χ1) is 11.2. The molecular weight excluding hydrogens is 296 g/mol. The van der Waals surface area contributed by atoms with E-state index < -0.39 is 12.0 Å². The summed E-state index contributed by atoms with van der Waals surface area (Å²) in [5, 5.41) is 2.69. The third-order valence-electron chi connectivity index (χ3n) is 3.29. The number of esters is 1. The number of nitrogens with zero attached hydrogens (tertiary/aromatic N) is 1. The number of rotatable bonds is 6. The van der Waals surface area contributed by atoms with E-state index in [-0.39, 0.29) is 12.3 Å². The lowest BCUT2D eigenvalue weighted by atomic mass is 10.1. The van der Waals surface area contributed by atoms with E-state index in [0.29, 0.717) is 17.0 Å². The summed E-state index contributed by atoms with van der Waals surface area (Å²) < 4.78 is 9.95. The molecule has 0 saturated carbocycles. The van der Waals surface area contributed by atoms with E-state index in [0.717, 1.165) is 0 Å². The quantitative estimate of drug-likeness (QED) is 0.820. The summed E-state index contributed by atoms with van der Waals surface area (Å²) in [7, 11) is 2.78. The van der Waals surface area contributed by atoms with Crippen LogP contribution in [0, 0.1) is 0 Å². The minimum atomic E-state index is -0.828. The molecule has 1 atom stereocenters. The molecule has 0 aliphatic heterocycles. The zero-order chi connectivity index (χ0) is 16.7. The molecule has 6 heteroatoms. The number of carbonyl (C=O) groups is 2. The molecule has 0 radical (unpaired) electrons. The highest BCUT2D eigenvalue weighted by Gasteiger charge is 2.24. The van der Waals surface area contributed by atoms with Crippen LogP contribution >= 0.6 is 0 Å². The van der Waals surface area contributed by atoms with E-state index in [1.54, 1.807) is 42.6 Å². The van der Waals surface area contributed by atoms with Gasteiger partial charge in [0, 0.05) is 23.7 Å². The fourth-order valence-electron chi connectivity index (χ4n) is 2.15. The smallest absolute Gasteiger partial charge is 0.328 e. The van der Waals surface area contributed by atoms with Crippen LogP contribution in [0.5, 0.6) is 5.88 Å². The van der Waals surface area contributed by atoms with E-state index >= 15 is 0 Å². The molecule has 1 aromatic carbocycles. The van der Waals surface area contributed by atoms with Crippen molar-refractivity contribution >= 4 is 11.9 Å². The van der Waals surface area contributed by atoms with E-state index in [1.165, 1.54) is 14.2 Å². The molecule has 120 valence electrons. The number of hydrogen-bond donors (Lipinski definition) is 1. The zero-order valence-corrected chi connectivity index (χ0v) is 13.0. The first-order valence-corrected chi connectivity index (χ1v) is 7.07. The van der Waals surface area contributed by atoms with Crippen molar-refractivity contribution in [3.63, 3.8) is 0 Å². The van der Waals surface area contributed by atoms with Gasteiger partial charge in [0.1, 0.15) is 6.04 Å². The molecule has 2 rings (SSSR count). The molecule has 0 unspecified atom stereocenters. The standard InChI is InChI=1S/C17H18N2O4/c1-22-16-13(9-6-10-18-16)11-14(17(21)23-2)19-15(20)12-7-4-3-5-8-12/h3-10,14H,11H2,1-2H3,(H,19,20)/t14-/m1/s1. The predicted molar refractivity (Wildman–Crippen MR) is 84.2 cm³/mol. The first kappa shape index (κ1) is 16.5. The number of aromatic nitrogens is 1. The second-order valence-corrected chi connectivity index (χ2v) is 4.79. The monoisotopic (exact) mass is 314 g/mol. The van der Waals surface area contributed by atoms with Crippen LogP contribution in [-0.2, 0) is 16.0 Å². The summed E-state index contributed by atoms with van der Waals surface area (Å²) in [5.41, 5.74) is 1.18. The summed E-state index contributed by atoms with van der Waals surface area (Å²) in [5.74, 6) is -0.459. The third kappa shape index (κ3) is 4.29. The van der Waals surface area contributed by atoms with Crippen LogP contribution in [0.1, 0.15) is 15.9 Å². The van der Waals surface area contributed by atoms with Crippen molar-refractivity contribution in [3.05, 3.63) is 59.8 Å². The van der Waals surface area contributed by atoms with E-state index in [9.17, 15) is 9.59 Å². The number of benzene rings is 1. The van der Waals surface area contributed by atoms with Crippen LogP contribution in [0.25, 0.3) is 0 Å². The Morgan fingerprint density at radius 3 is 2.52 bits per heavy atom. The topological polar surface area (TPSA) is 77.5 Å². The highest BCUT2D eigenvalue weighted by atomic mass is 16.5. The highest BCUT2D eigenvalue weighted by molar-refractivity contribution is 5.96. The SMILES string of the molecule is COC(=O)[C@@H](Cc1cccnc1OC)NC(=O)c1ccccc1. The maximum atomic E-state index is 12.3. The van der Waals surface area contributed by atoms with Crippen molar-refractivity contribution in [1.82, 2.24) is 10.3 Å². The molecule has 23 heavy (non-hydrogen) atoms. The predicted octanol–water partition coefficient (Wildman–Crippen LogP) is 1.60. The number of methoxy groups -OCH3 is 2. The minimum Gasteiger partial charge on any atom is -0.481 e. The van der Waals surface area contributed by atoms with Crippen molar-refractivity contribution in [3.8, 4) is 5.88 Å². The van der Waals surface area contributed by atoms with Gasteiger partial charge < -0.3 is 14.8 Å². The van der Waals surface area contributed by atoms with Crippen molar-refractivity contribution in [2.75, 3.05) is 14.2 Å². The molecule has 1 amide bonds. The van der Waals surface area contributed by atoms with Gasteiger partial charge in [0.2, 0.25) is 5.88 Å². The zero-order valence-electron chi connectivity index (χ0n) is 13.0. The lowest BCUT2D eigenvalue weighted by Crippen LogP contribution is -2.43. The van der Waals surface area contributed by atoms with Gasteiger partial charge >= 0.3 is 5.97 Å². The Kier molecular flexibility index (Phi) is 5.68. The molecule has 0 spiro atoms. The van der Waals surface area contributed by atoms with Crippen LogP contribution < -0.4 is 10.1 Å². The summed E-state index contributed by atoms with van der Waals surface area (Å²) in [6.45, 7) is 0. The largest absolute Gasteiger partial charge is 0.481 e. The van der Waals surface area contributed by atoms with Gasteiger partial charge in [-0.3, -0.25) is 4.79 Å². The summed E-state index contributed by atoms with van der Waals surface area (Å²) in [6.07, 6.45) is 1.82. The van der Waals surface area contributed by atoms with E-state index in [4.69, 9.17) is 9.47 Å². The Labute approximate surface area is 134 Å². The Balaban J connectivity index is 2.17. The number of carbonyl (C=O) groups excluding carboxylic acids is 2. The number of amides is 1. The number of pyridine rings is 1. The average molecular weight is 314 g/mol. The van der Waals surface area contributed by atoms with Gasteiger partial charge in [-0.25, -0.2) is 9.78 Å². The maximum absolute atomic E-state index is 12.3. The minimum absolute atomic E-state index is 0.224. The van der Waals surface area contributed by atoms with Crippen LogP contribution in [0.3, 0.4) is 0 Å². The van der Waals surface area contributed by atoms with Crippen molar-refractivity contribution in [1.29, 1.82) is 0 Å². The maximum Gasteiger partial charge on any atom is 0.328 e. The molecule has 1 aromatic heterocycles. The Morgan fingerprint density at radius 2 is 1.87 bits per heavy atom. The normalized spacial score (nSPS) is 11.4. The van der Waals surface area contributed by atoms with E-state index in [2.05, 4.69) is 10.3 Å². The lowest BCUT2D eigenvalue weighted by molar-refractivity contribution is -0.142. The Morgan fingerprint density at radius 1 is 1.13 bits per heavy atom. The molecule has 0 aliphatic rings. The molecule has 0 saturated heterocycles. The second kappa shape index (κ2) is 7.93. The Bertz CT molecular complexity index is 673. The molecule has 0 aliphatic carbocycles. The van der Waals surface area contributed by atoms with Gasteiger partial charge in [-0.05, 0) is 18.2 Å². The van der Waals surface area contributed by atoms with Crippen LogP contribution in [-0.4, -0.2) is 37.1 Å². The fourth-order valence-corrected chi connectivity index (χ4v) is 2.15. The Hall–Kier alpha value is -2.89. The lowest BCUT2D eigenvalue weighted by Gasteiger charge is -2.17. The highest BCUT2D eigenvalue weighted by Crippen LogP contribution is 2.16. The van der Waals surface area contributed by atoms with Crippen molar-refractivity contribution in [2.24, 2.45) is 0 Å². The second-order valence-electron chi connectivity index (χ2n) is 4.79. The first-order valence-electron chi connectivity index (χ1n) is 7.07. The number of hydrogen-bond acceptors (Lipinski definition) is 5. The van der Waals surface area contributed by atoms with Crippen molar-refractivity contribution < 1.29 is 19.1 Å². The van der Waals surface area contributed by atoms with Gasteiger partial charge in [0.15, 0.2) is 0 Å². The van der Waals surface area contributed by atoms with Gasteiger partial charge in [0.25, 0.3) is 5.91 Å². The fraction of sp³-hybridized carbons (Fsp3) is 0.235. The molecule has 1 N–H and O–H groups in total. The van der Waals surface area contributed by atoms with Crippen LogP contribution in [0.2, 0.25) is 0 Å².